The first kappa shape index (κ1) is 34.5. The first-order valence-electron chi connectivity index (χ1n) is 20.9. The fourth-order valence-corrected chi connectivity index (χ4v) is 9.58. The molecule has 0 saturated carbocycles. The Kier molecular flexibility index (Phi) is 7.54. The van der Waals surface area contributed by atoms with Crippen LogP contribution in [0.15, 0.2) is 211 Å². The van der Waals surface area contributed by atoms with E-state index in [1.54, 1.807) is 0 Å². The van der Waals surface area contributed by atoms with Crippen molar-refractivity contribution in [2.45, 2.75) is 0 Å². The van der Waals surface area contributed by atoms with Crippen molar-refractivity contribution < 1.29 is 4.42 Å². The third-order valence-electron chi connectivity index (χ3n) is 12.4. The van der Waals surface area contributed by atoms with E-state index in [0.29, 0.717) is 17.5 Å². The quantitative estimate of drug-likeness (QED) is 0.163. The van der Waals surface area contributed by atoms with E-state index < -0.39 is 0 Å². The van der Waals surface area contributed by atoms with E-state index in [1.807, 2.05) is 30.3 Å². The van der Waals surface area contributed by atoms with E-state index in [2.05, 4.69) is 180 Å². The molecule has 5 heteroatoms. The molecule has 10 aromatic carbocycles. The van der Waals surface area contributed by atoms with Crippen LogP contribution in [0.3, 0.4) is 0 Å². The SMILES string of the molecule is c1ccc(-c2nc(-c3ccc4c5cc(-c6ccc7oc8ccccc8c7c6)ccc5c5ccccc5c4c3)nc(-c3cccc4c3c3ccccc3n4-c3ccccc3)n2)cc1. The summed E-state index contributed by atoms with van der Waals surface area (Å²) < 4.78 is 8.50. The van der Waals surface area contributed by atoms with Crippen molar-refractivity contribution in [3.8, 4) is 51.0 Å². The normalized spacial score (nSPS) is 11.9. The van der Waals surface area contributed by atoms with Gasteiger partial charge in [0.2, 0.25) is 0 Å². The van der Waals surface area contributed by atoms with Crippen molar-refractivity contribution in [1.82, 2.24) is 19.5 Å². The van der Waals surface area contributed by atoms with Crippen LogP contribution >= 0.6 is 0 Å². The highest BCUT2D eigenvalue weighted by molar-refractivity contribution is 6.26. The molecule has 0 spiro atoms. The number of rotatable bonds is 5. The van der Waals surface area contributed by atoms with Crippen LogP contribution in [0.25, 0.3) is 127 Å². The molecule has 0 atom stereocenters. The second kappa shape index (κ2) is 13.6. The number of benzene rings is 10. The van der Waals surface area contributed by atoms with Crippen molar-refractivity contribution in [3.05, 3.63) is 206 Å². The fraction of sp³-hybridized carbons (Fsp3) is 0. The van der Waals surface area contributed by atoms with E-state index >= 15 is 0 Å². The van der Waals surface area contributed by atoms with Crippen LogP contribution in [-0.4, -0.2) is 19.5 Å². The summed E-state index contributed by atoms with van der Waals surface area (Å²) in [6.45, 7) is 0. The maximum absolute atomic E-state index is 6.17. The summed E-state index contributed by atoms with van der Waals surface area (Å²) in [6, 6.07) is 72.8. The minimum absolute atomic E-state index is 0.623. The highest BCUT2D eigenvalue weighted by atomic mass is 16.3. The van der Waals surface area contributed by atoms with Gasteiger partial charge in [-0.3, -0.25) is 0 Å². The van der Waals surface area contributed by atoms with Crippen molar-refractivity contribution >= 4 is 76.1 Å². The lowest BCUT2D eigenvalue weighted by molar-refractivity contribution is 0.669. The summed E-state index contributed by atoms with van der Waals surface area (Å²) in [5, 5.41) is 11.6. The maximum Gasteiger partial charge on any atom is 0.164 e. The zero-order chi connectivity index (χ0) is 40.7. The standard InChI is InChI=1S/C57H34N4O/c1-3-14-35(15-4-1)55-58-56(60-57(59-55)46-22-13-24-51-54(46)45-21-9-11-23-50(45)61(51)39-16-5-2-6-17-39)38-27-30-43-47-32-36(26-29-42(47)40-18-7-8-19-41(40)48(43)34-38)37-28-31-53-49(33-37)44-20-10-12-25-52(44)62-53/h1-34H. The van der Waals surface area contributed by atoms with Gasteiger partial charge in [-0.1, -0.05) is 152 Å². The van der Waals surface area contributed by atoms with Crippen LogP contribution < -0.4 is 0 Å². The molecule has 288 valence electrons. The third-order valence-corrected chi connectivity index (χ3v) is 12.4. The Bertz CT molecular complexity index is 3920. The lowest BCUT2D eigenvalue weighted by Crippen LogP contribution is -2.00. The van der Waals surface area contributed by atoms with Crippen LogP contribution in [0.5, 0.6) is 0 Å². The molecule has 3 heterocycles. The molecule has 13 rings (SSSR count). The van der Waals surface area contributed by atoms with Gasteiger partial charge >= 0.3 is 0 Å². The number of para-hydroxylation sites is 3. The molecule has 0 fully saturated rings. The topological polar surface area (TPSA) is 56.7 Å². The van der Waals surface area contributed by atoms with Gasteiger partial charge in [-0.25, -0.2) is 15.0 Å². The average Bonchev–Trinajstić information content (AvgIpc) is 3.90. The smallest absolute Gasteiger partial charge is 0.164 e. The van der Waals surface area contributed by atoms with Gasteiger partial charge < -0.3 is 8.98 Å². The summed E-state index contributed by atoms with van der Waals surface area (Å²) in [4.78, 5) is 15.8. The zero-order valence-corrected chi connectivity index (χ0v) is 33.3. The van der Waals surface area contributed by atoms with Gasteiger partial charge in [0.15, 0.2) is 17.5 Å². The van der Waals surface area contributed by atoms with Gasteiger partial charge in [0, 0.05) is 43.9 Å². The molecule has 5 nitrogen and oxygen atoms in total. The number of aromatic nitrogens is 4. The molecular formula is C57H34N4O. The van der Waals surface area contributed by atoms with Crippen molar-refractivity contribution in [3.63, 3.8) is 0 Å². The molecule has 0 aliphatic heterocycles. The van der Waals surface area contributed by atoms with Gasteiger partial charge in [-0.2, -0.15) is 0 Å². The molecular weight excluding hydrogens is 757 g/mol. The zero-order valence-electron chi connectivity index (χ0n) is 33.3. The molecule has 0 unspecified atom stereocenters. The van der Waals surface area contributed by atoms with E-state index in [0.717, 1.165) is 82.6 Å². The molecule has 0 bridgehead atoms. The Labute approximate surface area is 355 Å². The summed E-state index contributed by atoms with van der Waals surface area (Å²) in [5.41, 5.74) is 10.3. The van der Waals surface area contributed by atoms with Gasteiger partial charge in [0.05, 0.1) is 11.0 Å². The minimum Gasteiger partial charge on any atom is -0.456 e. The minimum atomic E-state index is 0.623. The predicted octanol–water partition coefficient (Wildman–Crippen LogP) is 15.0. The first-order chi connectivity index (χ1) is 30.7. The molecule has 0 amide bonds. The van der Waals surface area contributed by atoms with E-state index in [-0.39, 0.29) is 0 Å². The van der Waals surface area contributed by atoms with Crippen molar-refractivity contribution in [1.29, 1.82) is 0 Å². The number of nitrogens with zero attached hydrogens (tertiary/aromatic N) is 4. The Morgan fingerprint density at radius 1 is 0.306 bits per heavy atom. The van der Waals surface area contributed by atoms with Crippen molar-refractivity contribution in [2.24, 2.45) is 0 Å². The van der Waals surface area contributed by atoms with Crippen LogP contribution in [-0.2, 0) is 0 Å². The molecule has 0 saturated heterocycles. The molecule has 13 aromatic rings. The van der Waals surface area contributed by atoms with E-state index in [1.165, 1.54) is 26.9 Å². The Hall–Kier alpha value is -8.41. The van der Waals surface area contributed by atoms with Gasteiger partial charge in [-0.05, 0) is 98.0 Å². The molecule has 0 radical (unpaired) electrons. The Morgan fingerprint density at radius 2 is 0.823 bits per heavy atom. The maximum atomic E-state index is 6.17. The molecule has 62 heavy (non-hydrogen) atoms. The third kappa shape index (κ3) is 5.32. The van der Waals surface area contributed by atoms with Gasteiger partial charge in [0.1, 0.15) is 11.2 Å². The van der Waals surface area contributed by atoms with Crippen molar-refractivity contribution in [2.75, 3.05) is 0 Å². The highest BCUT2D eigenvalue weighted by Crippen LogP contribution is 2.42. The number of fused-ring (bicyclic) bond motifs is 12. The highest BCUT2D eigenvalue weighted by Gasteiger charge is 2.20. The van der Waals surface area contributed by atoms with Crippen LogP contribution in [0.4, 0.5) is 0 Å². The average molecular weight is 791 g/mol. The molecule has 0 aliphatic carbocycles. The predicted molar refractivity (Wildman–Crippen MR) is 256 cm³/mol. The second-order valence-electron chi connectivity index (χ2n) is 15.9. The number of hydrogen-bond acceptors (Lipinski definition) is 4. The number of furan rings is 1. The van der Waals surface area contributed by atoms with Crippen LogP contribution in [0.1, 0.15) is 0 Å². The van der Waals surface area contributed by atoms with Gasteiger partial charge in [-0.15, -0.1) is 0 Å². The fourth-order valence-electron chi connectivity index (χ4n) is 9.58. The molecule has 3 aromatic heterocycles. The largest absolute Gasteiger partial charge is 0.456 e. The van der Waals surface area contributed by atoms with E-state index in [4.69, 9.17) is 19.4 Å². The number of hydrogen-bond donors (Lipinski definition) is 0. The monoisotopic (exact) mass is 790 g/mol. The first-order valence-corrected chi connectivity index (χ1v) is 20.9. The van der Waals surface area contributed by atoms with Crippen LogP contribution in [0.2, 0.25) is 0 Å². The van der Waals surface area contributed by atoms with Crippen LogP contribution in [0, 0.1) is 0 Å². The Morgan fingerprint density at radius 3 is 1.61 bits per heavy atom. The molecule has 0 aliphatic rings. The summed E-state index contributed by atoms with van der Waals surface area (Å²) in [6.07, 6.45) is 0. The van der Waals surface area contributed by atoms with Gasteiger partial charge in [0.25, 0.3) is 0 Å². The van der Waals surface area contributed by atoms with E-state index in [9.17, 15) is 0 Å². The summed E-state index contributed by atoms with van der Waals surface area (Å²) in [5.74, 6) is 1.88. The lowest BCUT2D eigenvalue weighted by atomic mass is 9.91. The summed E-state index contributed by atoms with van der Waals surface area (Å²) in [7, 11) is 0. The lowest BCUT2D eigenvalue weighted by Gasteiger charge is -2.14. The summed E-state index contributed by atoms with van der Waals surface area (Å²) >= 11 is 0. The Balaban J connectivity index is 1.02. The second-order valence-corrected chi connectivity index (χ2v) is 15.9. The molecule has 0 N–H and O–H groups in total.